The molecular formula is C20H30N2O2. The Labute approximate surface area is 145 Å². The zero-order valence-corrected chi connectivity index (χ0v) is 14.8. The van der Waals surface area contributed by atoms with Gasteiger partial charge in [0.25, 0.3) is 0 Å². The van der Waals surface area contributed by atoms with E-state index in [1.807, 2.05) is 17.0 Å². The van der Waals surface area contributed by atoms with Crippen molar-refractivity contribution in [3.05, 3.63) is 35.4 Å². The van der Waals surface area contributed by atoms with E-state index in [9.17, 15) is 9.90 Å². The van der Waals surface area contributed by atoms with Crippen molar-refractivity contribution in [3.63, 3.8) is 0 Å². The van der Waals surface area contributed by atoms with Crippen LogP contribution in [0.2, 0.25) is 0 Å². The summed E-state index contributed by atoms with van der Waals surface area (Å²) < 4.78 is 0. The lowest BCUT2D eigenvalue weighted by Crippen LogP contribution is -2.37. The van der Waals surface area contributed by atoms with Crippen LogP contribution in [0.15, 0.2) is 24.3 Å². The molecule has 2 atom stereocenters. The van der Waals surface area contributed by atoms with Crippen LogP contribution in [0, 0.1) is 18.8 Å². The topological polar surface area (TPSA) is 43.8 Å². The zero-order chi connectivity index (χ0) is 16.9. The Morgan fingerprint density at radius 2 is 1.75 bits per heavy atom. The highest BCUT2D eigenvalue weighted by Gasteiger charge is 2.35. The first-order valence-electron chi connectivity index (χ1n) is 9.32. The highest BCUT2D eigenvalue weighted by molar-refractivity contribution is 5.79. The lowest BCUT2D eigenvalue weighted by atomic mass is 9.95. The van der Waals surface area contributed by atoms with Gasteiger partial charge in [-0.2, -0.15) is 0 Å². The maximum Gasteiger partial charge on any atom is 0.227 e. The SMILES string of the molecule is Cc1ccc(CC(=O)N2C[C@@H](CN3CCCCC3)[C@@H](CO)C2)cc1. The molecule has 1 aromatic carbocycles. The summed E-state index contributed by atoms with van der Waals surface area (Å²) in [6, 6.07) is 8.20. The molecule has 1 N–H and O–H groups in total. The van der Waals surface area contributed by atoms with E-state index in [1.54, 1.807) is 0 Å². The second-order valence-corrected chi connectivity index (χ2v) is 7.53. The maximum atomic E-state index is 12.6. The van der Waals surface area contributed by atoms with Crippen LogP contribution in [0.1, 0.15) is 30.4 Å². The molecule has 3 rings (SSSR count). The molecule has 4 heteroatoms. The molecule has 2 aliphatic heterocycles. The Bertz CT molecular complexity index is 537. The first kappa shape index (κ1) is 17.4. The van der Waals surface area contributed by atoms with Gasteiger partial charge in [-0.25, -0.2) is 0 Å². The molecule has 24 heavy (non-hydrogen) atoms. The van der Waals surface area contributed by atoms with Crippen molar-refractivity contribution in [1.82, 2.24) is 9.80 Å². The third-order valence-corrected chi connectivity index (χ3v) is 5.58. The van der Waals surface area contributed by atoms with Crippen LogP contribution in [0.5, 0.6) is 0 Å². The van der Waals surface area contributed by atoms with Crippen molar-refractivity contribution in [3.8, 4) is 0 Å². The molecule has 4 nitrogen and oxygen atoms in total. The number of carbonyl (C=O) groups excluding carboxylic acids is 1. The van der Waals surface area contributed by atoms with E-state index in [-0.39, 0.29) is 18.4 Å². The van der Waals surface area contributed by atoms with Crippen LogP contribution < -0.4 is 0 Å². The van der Waals surface area contributed by atoms with Crippen LogP contribution in [-0.2, 0) is 11.2 Å². The molecule has 2 heterocycles. The fourth-order valence-corrected chi connectivity index (χ4v) is 4.02. The lowest BCUT2D eigenvalue weighted by molar-refractivity contribution is -0.129. The lowest BCUT2D eigenvalue weighted by Gasteiger charge is -2.30. The van der Waals surface area contributed by atoms with E-state index >= 15 is 0 Å². The van der Waals surface area contributed by atoms with Crippen LogP contribution in [0.3, 0.4) is 0 Å². The molecule has 0 radical (unpaired) electrons. The van der Waals surface area contributed by atoms with Crippen molar-refractivity contribution in [2.75, 3.05) is 39.3 Å². The summed E-state index contributed by atoms with van der Waals surface area (Å²) in [5.41, 5.74) is 2.29. The van der Waals surface area contributed by atoms with Gasteiger partial charge >= 0.3 is 0 Å². The summed E-state index contributed by atoms with van der Waals surface area (Å²) in [7, 11) is 0. The molecule has 132 valence electrons. The minimum atomic E-state index is 0.187. The third-order valence-electron chi connectivity index (χ3n) is 5.58. The number of aliphatic hydroxyl groups is 1. The summed E-state index contributed by atoms with van der Waals surface area (Å²) in [5, 5.41) is 9.73. The Hall–Kier alpha value is -1.39. The third kappa shape index (κ3) is 4.37. The number of aliphatic hydroxyl groups excluding tert-OH is 1. The number of aryl methyl sites for hydroxylation is 1. The highest BCUT2D eigenvalue weighted by atomic mass is 16.3. The Kier molecular flexibility index (Phi) is 5.90. The molecule has 0 spiro atoms. The maximum absolute atomic E-state index is 12.6. The second kappa shape index (κ2) is 8.13. The van der Waals surface area contributed by atoms with E-state index < -0.39 is 0 Å². The molecule has 0 saturated carbocycles. The van der Waals surface area contributed by atoms with E-state index in [2.05, 4.69) is 24.0 Å². The molecule has 0 aliphatic carbocycles. The Morgan fingerprint density at radius 1 is 1.08 bits per heavy atom. The quantitative estimate of drug-likeness (QED) is 0.899. The van der Waals surface area contributed by atoms with Gasteiger partial charge in [0, 0.05) is 32.2 Å². The summed E-state index contributed by atoms with van der Waals surface area (Å²) >= 11 is 0. The van der Waals surface area contributed by atoms with E-state index in [1.165, 1.54) is 37.9 Å². The molecule has 2 saturated heterocycles. The van der Waals surface area contributed by atoms with Gasteiger partial charge in [0.2, 0.25) is 5.91 Å². The number of nitrogens with zero attached hydrogens (tertiary/aromatic N) is 2. The summed E-state index contributed by atoms with van der Waals surface area (Å²) in [6.45, 7) is 7.12. The number of likely N-dealkylation sites (tertiary alicyclic amines) is 2. The van der Waals surface area contributed by atoms with Crippen LogP contribution in [-0.4, -0.2) is 60.1 Å². The summed E-state index contributed by atoms with van der Waals surface area (Å²) in [4.78, 5) is 17.1. The second-order valence-electron chi connectivity index (χ2n) is 7.53. The monoisotopic (exact) mass is 330 g/mol. The van der Waals surface area contributed by atoms with Gasteiger partial charge in [-0.15, -0.1) is 0 Å². The van der Waals surface area contributed by atoms with Crippen molar-refractivity contribution in [2.45, 2.75) is 32.6 Å². The number of amides is 1. The molecule has 1 aromatic rings. The highest BCUT2D eigenvalue weighted by Crippen LogP contribution is 2.26. The molecule has 0 unspecified atom stereocenters. The van der Waals surface area contributed by atoms with Gasteiger partial charge < -0.3 is 14.9 Å². The number of piperidine rings is 1. The number of benzene rings is 1. The van der Waals surface area contributed by atoms with Crippen LogP contribution in [0.25, 0.3) is 0 Å². The minimum Gasteiger partial charge on any atom is -0.396 e. The average Bonchev–Trinajstić information content (AvgIpc) is 3.01. The van der Waals surface area contributed by atoms with Gasteiger partial charge in [-0.1, -0.05) is 36.2 Å². The minimum absolute atomic E-state index is 0.187. The summed E-state index contributed by atoms with van der Waals surface area (Å²) in [6.07, 6.45) is 4.37. The van der Waals surface area contributed by atoms with Gasteiger partial charge in [0.05, 0.1) is 6.42 Å². The molecule has 0 bridgehead atoms. The summed E-state index contributed by atoms with van der Waals surface area (Å²) in [5.74, 6) is 0.836. The van der Waals surface area contributed by atoms with Crippen molar-refractivity contribution < 1.29 is 9.90 Å². The molecular weight excluding hydrogens is 300 g/mol. The normalized spacial score (nSPS) is 25.2. The van der Waals surface area contributed by atoms with E-state index in [0.717, 1.165) is 18.7 Å². The average molecular weight is 330 g/mol. The fourth-order valence-electron chi connectivity index (χ4n) is 4.02. The molecule has 2 fully saturated rings. The smallest absolute Gasteiger partial charge is 0.227 e. The standard InChI is InChI=1S/C20H30N2O2/c1-16-5-7-17(8-6-16)11-20(24)22-13-18(19(14-22)15-23)12-21-9-3-2-4-10-21/h5-8,18-19,23H,2-4,9-15H2,1H3/t18-,19-/m1/s1. The first-order valence-corrected chi connectivity index (χ1v) is 9.32. The van der Waals surface area contributed by atoms with Crippen LogP contribution >= 0.6 is 0 Å². The van der Waals surface area contributed by atoms with Crippen molar-refractivity contribution in [2.24, 2.45) is 11.8 Å². The fraction of sp³-hybridized carbons (Fsp3) is 0.650. The molecule has 2 aliphatic rings. The van der Waals surface area contributed by atoms with Gasteiger partial charge in [-0.3, -0.25) is 4.79 Å². The molecule has 0 aromatic heterocycles. The Morgan fingerprint density at radius 3 is 2.42 bits per heavy atom. The van der Waals surface area contributed by atoms with E-state index in [4.69, 9.17) is 0 Å². The number of hydrogen-bond acceptors (Lipinski definition) is 3. The van der Waals surface area contributed by atoms with Gasteiger partial charge in [0.1, 0.15) is 0 Å². The predicted octanol–water partition coefficient (Wildman–Crippen LogP) is 2.09. The predicted molar refractivity (Wildman–Crippen MR) is 95.8 cm³/mol. The first-order chi connectivity index (χ1) is 11.7. The zero-order valence-electron chi connectivity index (χ0n) is 14.8. The van der Waals surface area contributed by atoms with Gasteiger partial charge in [0.15, 0.2) is 0 Å². The van der Waals surface area contributed by atoms with Crippen molar-refractivity contribution in [1.29, 1.82) is 0 Å². The van der Waals surface area contributed by atoms with Crippen molar-refractivity contribution >= 4 is 5.91 Å². The Balaban J connectivity index is 1.56. The molecule has 1 amide bonds. The van der Waals surface area contributed by atoms with Crippen LogP contribution in [0.4, 0.5) is 0 Å². The number of carbonyl (C=O) groups is 1. The van der Waals surface area contributed by atoms with Gasteiger partial charge in [-0.05, 0) is 44.3 Å². The number of rotatable bonds is 5. The largest absolute Gasteiger partial charge is 0.396 e. The number of hydrogen-bond donors (Lipinski definition) is 1. The van der Waals surface area contributed by atoms with E-state index in [0.29, 0.717) is 18.9 Å².